The number of fused-ring (bicyclic) bond motifs is 1. The summed E-state index contributed by atoms with van der Waals surface area (Å²) in [6, 6.07) is 3.53. The molecule has 0 N–H and O–H groups in total. The first-order valence-corrected chi connectivity index (χ1v) is 6.48. The Morgan fingerprint density at radius 1 is 1.45 bits per heavy atom. The average molecular weight is 276 g/mol. The molecule has 0 aromatic carbocycles. The predicted molar refractivity (Wildman–Crippen MR) is 68.9 cm³/mol. The van der Waals surface area contributed by atoms with Crippen LogP contribution in [-0.2, 0) is 17.8 Å². The van der Waals surface area contributed by atoms with Gasteiger partial charge in [0.05, 0.1) is 19.7 Å². The number of hydrogen-bond acceptors (Lipinski definition) is 6. The van der Waals surface area contributed by atoms with Gasteiger partial charge in [-0.05, 0) is 19.1 Å². The van der Waals surface area contributed by atoms with E-state index in [1.807, 2.05) is 17.6 Å². The summed E-state index contributed by atoms with van der Waals surface area (Å²) in [5.74, 6) is 1.47. The first kappa shape index (κ1) is 12.9. The number of carbonyl (C=O) groups excluding carboxylic acids is 1. The third kappa shape index (κ3) is 2.20. The standard InChI is InChI=1S/C13H16N4O3/c1-9(10-3-4-11(20-10)13(18)19-2)16-5-6-17-8-14-15-12(17)7-16/h3-4,8-9H,5-7H2,1-2H3. The highest BCUT2D eigenvalue weighted by Crippen LogP contribution is 2.25. The van der Waals surface area contributed by atoms with E-state index in [2.05, 4.69) is 19.8 Å². The molecule has 1 aliphatic heterocycles. The molecule has 1 aliphatic rings. The van der Waals surface area contributed by atoms with E-state index >= 15 is 0 Å². The molecular weight excluding hydrogens is 260 g/mol. The molecule has 3 rings (SSSR count). The van der Waals surface area contributed by atoms with Gasteiger partial charge in [0.15, 0.2) is 0 Å². The Kier molecular flexibility index (Phi) is 3.27. The van der Waals surface area contributed by atoms with Crippen LogP contribution < -0.4 is 0 Å². The molecule has 2 aromatic rings. The van der Waals surface area contributed by atoms with Gasteiger partial charge in [-0.1, -0.05) is 0 Å². The topological polar surface area (TPSA) is 73.4 Å². The molecule has 0 radical (unpaired) electrons. The third-order valence-electron chi connectivity index (χ3n) is 3.64. The normalized spacial score (nSPS) is 16.7. The molecule has 7 nitrogen and oxygen atoms in total. The first-order valence-electron chi connectivity index (χ1n) is 6.48. The van der Waals surface area contributed by atoms with E-state index in [9.17, 15) is 4.79 Å². The molecule has 1 atom stereocenters. The molecule has 1 unspecified atom stereocenters. The van der Waals surface area contributed by atoms with Crippen LogP contribution in [0.1, 0.15) is 35.1 Å². The number of carbonyl (C=O) groups is 1. The monoisotopic (exact) mass is 276 g/mol. The molecule has 0 fully saturated rings. The van der Waals surface area contributed by atoms with Crippen molar-refractivity contribution < 1.29 is 13.9 Å². The van der Waals surface area contributed by atoms with E-state index in [1.165, 1.54) is 7.11 Å². The van der Waals surface area contributed by atoms with Gasteiger partial charge in [-0.2, -0.15) is 0 Å². The van der Waals surface area contributed by atoms with E-state index < -0.39 is 5.97 Å². The van der Waals surface area contributed by atoms with Crippen molar-refractivity contribution in [2.24, 2.45) is 0 Å². The summed E-state index contributed by atoms with van der Waals surface area (Å²) in [6.45, 7) is 4.51. The molecule has 20 heavy (non-hydrogen) atoms. The minimum atomic E-state index is -0.457. The lowest BCUT2D eigenvalue weighted by molar-refractivity contribution is 0.0557. The zero-order valence-corrected chi connectivity index (χ0v) is 11.4. The van der Waals surface area contributed by atoms with Gasteiger partial charge in [0.1, 0.15) is 17.9 Å². The van der Waals surface area contributed by atoms with Gasteiger partial charge in [0.25, 0.3) is 0 Å². The summed E-state index contributed by atoms with van der Waals surface area (Å²) >= 11 is 0. The molecule has 106 valence electrons. The predicted octanol–water partition coefficient (Wildman–Crippen LogP) is 1.23. The van der Waals surface area contributed by atoms with Crippen LogP contribution in [0, 0.1) is 0 Å². The Bertz CT molecular complexity index is 619. The Morgan fingerprint density at radius 3 is 3.10 bits per heavy atom. The molecule has 0 amide bonds. The SMILES string of the molecule is COC(=O)c1ccc(C(C)N2CCn3cnnc3C2)o1. The molecule has 3 heterocycles. The molecule has 7 heteroatoms. The molecule has 0 saturated carbocycles. The Hall–Kier alpha value is -2.15. The van der Waals surface area contributed by atoms with Crippen molar-refractivity contribution in [3.8, 4) is 0 Å². The first-order chi connectivity index (χ1) is 9.69. The lowest BCUT2D eigenvalue weighted by atomic mass is 10.2. The van der Waals surface area contributed by atoms with Crippen molar-refractivity contribution in [1.82, 2.24) is 19.7 Å². The molecule has 2 aromatic heterocycles. The van der Waals surface area contributed by atoms with Crippen molar-refractivity contribution in [3.63, 3.8) is 0 Å². The number of nitrogens with zero attached hydrogens (tertiary/aromatic N) is 4. The lowest BCUT2D eigenvalue weighted by Gasteiger charge is -2.31. The highest BCUT2D eigenvalue weighted by atomic mass is 16.5. The second-order valence-electron chi connectivity index (χ2n) is 4.78. The smallest absolute Gasteiger partial charge is 0.373 e. The number of methoxy groups -OCH3 is 1. The quantitative estimate of drug-likeness (QED) is 0.785. The van der Waals surface area contributed by atoms with Gasteiger partial charge in [0, 0.05) is 13.1 Å². The molecule has 0 bridgehead atoms. The third-order valence-corrected chi connectivity index (χ3v) is 3.64. The van der Waals surface area contributed by atoms with Crippen molar-refractivity contribution >= 4 is 5.97 Å². The van der Waals surface area contributed by atoms with Crippen LogP contribution in [0.2, 0.25) is 0 Å². The zero-order valence-electron chi connectivity index (χ0n) is 11.4. The second kappa shape index (κ2) is 5.09. The fourth-order valence-electron chi connectivity index (χ4n) is 2.38. The van der Waals surface area contributed by atoms with E-state index in [0.717, 1.165) is 31.2 Å². The number of ether oxygens (including phenoxy) is 1. The number of rotatable bonds is 3. The van der Waals surface area contributed by atoms with Crippen molar-refractivity contribution in [2.75, 3.05) is 13.7 Å². The Balaban J connectivity index is 1.75. The summed E-state index contributed by atoms with van der Waals surface area (Å²) in [6.07, 6.45) is 1.75. The molecule has 0 spiro atoms. The number of hydrogen-bond donors (Lipinski definition) is 0. The van der Waals surface area contributed by atoms with Crippen LogP contribution in [0.25, 0.3) is 0 Å². The van der Waals surface area contributed by atoms with Gasteiger partial charge < -0.3 is 13.7 Å². The largest absolute Gasteiger partial charge is 0.463 e. The zero-order chi connectivity index (χ0) is 14.1. The van der Waals surface area contributed by atoms with Crippen LogP contribution in [0.3, 0.4) is 0 Å². The molecule has 0 aliphatic carbocycles. The van der Waals surface area contributed by atoms with E-state index in [-0.39, 0.29) is 11.8 Å². The Morgan fingerprint density at radius 2 is 2.30 bits per heavy atom. The highest BCUT2D eigenvalue weighted by Gasteiger charge is 2.25. The molecular formula is C13H16N4O3. The van der Waals surface area contributed by atoms with Crippen LogP contribution >= 0.6 is 0 Å². The van der Waals surface area contributed by atoms with Crippen LogP contribution in [-0.4, -0.2) is 39.3 Å². The van der Waals surface area contributed by atoms with Crippen LogP contribution in [0.5, 0.6) is 0 Å². The van der Waals surface area contributed by atoms with Crippen molar-refractivity contribution in [3.05, 3.63) is 35.8 Å². The van der Waals surface area contributed by atoms with E-state index in [0.29, 0.717) is 0 Å². The number of esters is 1. The average Bonchev–Trinajstić information content (AvgIpc) is 3.13. The van der Waals surface area contributed by atoms with Crippen molar-refractivity contribution in [1.29, 1.82) is 0 Å². The summed E-state index contributed by atoms with van der Waals surface area (Å²) in [4.78, 5) is 13.6. The van der Waals surface area contributed by atoms with Crippen LogP contribution in [0.4, 0.5) is 0 Å². The fraction of sp³-hybridized carbons (Fsp3) is 0.462. The maximum absolute atomic E-state index is 11.4. The minimum absolute atomic E-state index is 0.0684. The summed E-state index contributed by atoms with van der Waals surface area (Å²) < 4.78 is 12.3. The summed E-state index contributed by atoms with van der Waals surface area (Å²) in [5.41, 5.74) is 0. The second-order valence-corrected chi connectivity index (χ2v) is 4.78. The number of aromatic nitrogens is 3. The minimum Gasteiger partial charge on any atom is -0.463 e. The Labute approximate surface area is 116 Å². The van der Waals surface area contributed by atoms with E-state index in [4.69, 9.17) is 4.42 Å². The maximum Gasteiger partial charge on any atom is 0.373 e. The van der Waals surface area contributed by atoms with Gasteiger partial charge in [-0.3, -0.25) is 4.90 Å². The van der Waals surface area contributed by atoms with E-state index in [1.54, 1.807) is 12.4 Å². The summed E-state index contributed by atoms with van der Waals surface area (Å²) in [7, 11) is 1.34. The highest BCUT2D eigenvalue weighted by molar-refractivity contribution is 5.86. The van der Waals surface area contributed by atoms with Gasteiger partial charge in [-0.25, -0.2) is 4.79 Å². The molecule has 0 saturated heterocycles. The number of furan rings is 1. The van der Waals surface area contributed by atoms with Gasteiger partial charge in [0.2, 0.25) is 5.76 Å². The maximum atomic E-state index is 11.4. The lowest BCUT2D eigenvalue weighted by Crippen LogP contribution is -2.35. The van der Waals surface area contributed by atoms with Gasteiger partial charge >= 0.3 is 5.97 Å². The van der Waals surface area contributed by atoms with Crippen molar-refractivity contribution in [2.45, 2.75) is 26.1 Å². The van der Waals surface area contributed by atoms with Gasteiger partial charge in [-0.15, -0.1) is 10.2 Å². The van der Waals surface area contributed by atoms with Crippen LogP contribution in [0.15, 0.2) is 22.9 Å². The fourth-order valence-corrected chi connectivity index (χ4v) is 2.38. The summed E-state index contributed by atoms with van der Waals surface area (Å²) in [5, 5.41) is 8.01.